The second kappa shape index (κ2) is 8.08. The number of carbonyl (C=O) groups is 3. The van der Waals surface area contributed by atoms with Crippen LogP contribution in [0.2, 0.25) is 0 Å². The van der Waals surface area contributed by atoms with E-state index in [-0.39, 0.29) is 51.5 Å². The zero-order valence-electron chi connectivity index (χ0n) is 22.2. The van der Waals surface area contributed by atoms with Crippen molar-refractivity contribution < 1.29 is 28.6 Å². The van der Waals surface area contributed by atoms with Gasteiger partial charge in [-0.15, -0.1) is 0 Å². The van der Waals surface area contributed by atoms with Crippen LogP contribution in [0.25, 0.3) is 0 Å². The minimum atomic E-state index is -0.696. The molecule has 0 aromatic rings. The van der Waals surface area contributed by atoms with Gasteiger partial charge in [-0.05, 0) is 78.9 Å². The summed E-state index contributed by atoms with van der Waals surface area (Å²) in [5.41, 5.74) is 0.579. The van der Waals surface area contributed by atoms with E-state index in [4.69, 9.17) is 14.2 Å². The summed E-state index contributed by atoms with van der Waals surface area (Å²) in [5, 5.41) is 0. The van der Waals surface area contributed by atoms with E-state index in [0.717, 1.165) is 50.5 Å². The van der Waals surface area contributed by atoms with E-state index in [1.54, 1.807) is 6.26 Å². The highest BCUT2D eigenvalue weighted by Gasteiger charge is 2.70. The van der Waals surface area contributed by atoms with Crippen molar-refractivity contribution >= 4 is 18.2 Å². The highest BCUT2D eigenvalue weighted by atomic mass is 16.7. The highest BCUT2D eigenvalue weighted by molar-refractivity contribution is 5.67. The molecule has 0 amide bonds. The molecule has 4 saturated carbocycles. The van der Waals surface area contributed by atoms with Crippen molar-refractivity contribution in [2.24, 2.45) is 45.3 Å². The lowest BCUT2D eigenvalue weighted by atomic mass is 9.34. The van der Waals surface area contributed by atoms with E-state index in [1.165, 1.54) is 26.6 Å². The highest BCUT2D eigenvalue weighted by Crippen LogP contribution is 2.74. The minimum Gasteiger partial charge on any atom is -0.462 e. The third kappa shape index (κ3) is 3.44. The smallest absolute Gasteiger partial charge is 0.305 e. The molecular formula is C29H42O6. The number of carbonyl (C=O) groups excluding carboxylic acids is 3. The molecule has 0 bridgehead atoms. The Hall–Kier alpha value is -1.85. The molecule has 1 heterocycles. The Morgan fingerprint density at radius 1 is 0.914 bits per heavy atom. The summed E-state index contributed by atoms with van der Waals surface area (Å²) in [4.78, 5) is 37.1. The molecule has 6 nitrogen and oxygen atoms in total. The van der Waals surface area contributed by atoms with Crippen molar-refractivity contribution in [3.05, 3.63) is 11.8 Å². The molecule has 0 spiro atoms. The maximum Gasteiger partial charge on any atom is 0.305 e. The molecule has 1 aliphatic heterocycles. The Morgan fingerprint density at radius 3 is 2.23 bits per heavy atom. The fourth-order valence-corrected chi connectivity index (χ4v) is 10.1. The maximum absolute atomic E-state index is 13.1. The predicted molar refractivity (Wildman–Crippen MR) is 130 cm³/mol. The monoisotopic (exact) mass is 486 g/mol. The van der Waals surface area contributed by atoms with Crippen LogP contribution in [0.4, 0.5) is 0 Å². The summed E-state index contributed by atoms with van der Waals surface area (Å²) in [7, 11) is 0. The van der Waals surface area contributed by atoms with Crippen LogP contribution in [-0.4, -0.2) is 30.6 Å². The molecular weight excluding hydrogens is 444 g/mol. The first-order valence-corrected chi connectivity index (χ1v) is 13.6. The van der Waals surface area contributed by atoms with Crippen LogP contribution in [0.3, 0.4) is 0 Å². The Labute approximate surface area is 209 Å². The minimum absolute atomic E-state index is 0.0644. The standard InChI is InChI=1S/C29H42O6/c1-17(31)34-20-14-23-27(5)12-8-21-26(3,4)10-7-11-29(21,16-30)22(27)9-13-28(23,6)24-19(20)15-33-25(24)35-18(2)32/h15-16,20-25H,7-14H2,1-6H3/t20-,21-,22-,23-,24+,25-,27+,28-,29+/m0/s1. The SMILES string of the molecule is CC(=O)O[C@@H]1OC=C2[C@@H](OC(C)=O)C[C@@H]3[C@](C)(CC[C@H]4[C@@]3(C)CC[C@H]3C(C)(C)CCC[C@@]34C=O)[C@H]21. The number of rotatable bonds is 3. The summed E-state index contributed by atoms with van der Waals surface area (Å²) in [6, 6.07) is 0. The third-order valence-electron chi connectivity index (χ3n) is 11.3. The van der Waals surface area contributed by atoms with E-state index < -0.39 is 6.29 Å². The van der Waals surface area contributed by atoms with Crippen LogP contribution >= 0.6 is 0 Å². The maximum atomic E-state index is 13.1. The van der Waals surface area contributed by atoms with Crippen molar-refractivity contribution in [3.8, 4) is 0 Å². The molecule has 0 aromatic heterocycles. The summed E-state index contributed by atoms with van der Waals surface area (Å²) in [5.74, 6) is 0.110. The number of aldehydes is 1. The zero-order valence-corrected chi connectivity index (χ0v) is 22.2. The van der Waals surface area contributed by atoms with Crippen LogP contribution in [0, 0.1) is 45.3 Å². The van der Waals surface area contributed by atoms with Gasteiger partial charge in [0.05, 0.1) is 12.2 Å². The molecule has 0 unspecified atom stereocenters. The summed E-state index contributed by atoms with van der Waals surface area (Å²) in [6.07, 6.45) is 9.99. The van der Waals surface area contributed by atoms with E-state index in [1.807, 2.05) is 0 Å². The first-order chi connectivity index (χ1) is 16.4. The molecule has 5 aliphatic rings. The molecule has 6 heteroatoms. The Bertz CT molecular complexity index is 953. The fraction of sp³-hybridized carbons (Fsp3) is 0.828. The van der Waals surface area contributed by atoms with Crippen molar-refractivity contribution in [2.75, 3.05) is 0 Å². The molecule has 0 aromatic carbocycles. The van der Waals surface area contributed by atoms with Crippen LogP contribution in [0.5, 0.6) is 0 Å². The van der Waals surface area contributed by atoms with Crippen molar-refractivity contribution in [2.45, 2.75) is 105 Å². The van der Waals surface area contributed by atoms with Crippen LogP contribution in [0.15, 0.2) is 11.8 Å². The van der Waals surface area contributed by atoms with Gasteiger partial charge in [-0.3, -0.25) is 9.59 Å². The molecule has 35 heavy (non-hydrogen) atoms. The summed E-state index contributed by atoms with van der Waals surface area (Å²) < 4.78 is 17.4. The second-order valence-electron chi connectivity index (χ2n) is 13.4. The molecule has 0 N–H and O–H groups in total. The normalized spacial score (nSPS) is 47.5. The van der Waals surface area contributed by atoms with Crippen LogP contribution < -0.4 is 0 Å². The van der Waals surface area contributed by atoms with E-state index in [2.05, 4.69) is 27.7 Å². The topological polar surface area (TPSA) is 78.9 Å². The third-order valence-corrected chi connectivity index (χ3v) is 11.3. The van der Waals surface area contributed by atoms with Gasteiger partial charge in [-0.1, -0.05) is 34.1 Å². The van der Waals surface area contributed by atoms with Crippen molar-refractivity contribution in [3.63, 3.8) is 0 Å². The van der Waals surface area contributed by atoms with Crippen molar-refractivity contribution in [1.82, 2.24) is 0 Å². The lowest BCUT2D eigenvalue weighted by molar-refractivity contribution is -0.229. The average molecular weight is 487 g/mol. The second-order valence-corrected chi connectivity index (χ2v) is 13.4. The largest absolute Gasteiger partial charge is 0.462 e. The van der Waals surface area contributed by atoms with Gasteiger partial charge in [0.2, 0.25) is 0 Å². The van der Waals surface area contributed by atoms with Gasteiger partial charge in [0.1, 0.15) is 12.4 Å². The molecule has 0 radical (unpaired) electrons. The van der Waals surface area contributed by atoms with Crippen LogP contribution in [-0.2, 0) is 28.6 Å². The molecule has 4 aliphatic carbocycles. The van der Waals surface area contributed by atoms with E-state index >= 15 is 0 Å². The summed E-state index contributed by atoms with van der Waals surface area (Å²) >= 11 is 0. The lowest BCUT2D eigenvalue weighted by Gasteiger charge is -2.69. The van der Waals surface area contributed by atoms with Crippen molar-refractivity contribution in [1.29, 1.82) is 0 Å². The molecule has 9 atom stereocenters. The number of esters is 2. The number of hydrogen-bond acceptors (Lipinski definition) is 6. The molecule has 194 valence electrons. The van der Waals surface area contributed by atoms with Gasteiger partial charge < -0.3 is 19.0 Å². The fourth-order valence-electron chi connectivity index (χ4n) is 10.1. The van der Waals surface area contributed by atoms with Crippen LogP contribution in [0.1, 0.15) is 92.9 Å². The van der Waals surface area contributed by atoms with Gasteiger partial charge in [0.15, 0.2) is 0 Å². The van der Waals surface area contributed by atoms with Gasteiger partial charge in [-0.2, -0.15) is 0 Å². The quantitative estimate of drug-likeness (QED) is 0.382. The Morgan fingerprint density at radius 2 is 1.57 bits per heavy atom. The Kier molecular flexibility index (Phi) is 5.73. The summed E-state index contributed by atoms with van der Waals surface area (Å²) in [6.45, 7) is 12.3. The first-order valence-electron chi connectivity index (χ1n) is 13.6. The van der Waals surface area contributed by atoms with Gasteiger partial charge in [0.25, 0.3) is 6.29 Å². The Balaban J connectivity index is 1.58. The average Bonchev–Trinajstić information content (AvgIpc) is 3.18. The first kappa shape index (κ1) is 24.8. The lowest BCUT2D eigenvalue weighted by Crippen LogP contribution is -2.65. The number of fused-ring (bicyclic) bond motifs is 7. The number of hydrogen-bond donors (Lipinski definition) is 0. The molecule has 0 saturated heterocycles. The van der Waals surface area contributed by atoms with E-state index in [9.17, 15) is 14.4 Å². The predicted octanol–water partition coefficient (Wildman–Crippen LogP) is 5.59. The van der Waals surface area contributed by atoms with Gasteiger partial charge in [-0.25, -0.2) is 0 Å². The van der Waals surface area contributed by atoms with E-state index in [0.29, 0.717) is 11.8 Å². The van der Waals surface area contributed by atoms with Gasteiger partial charge in [0, 0.05) is 24.8 Å². The molecule has 5 rings (SSSR count). The zero-order chi connectivity index (χ0) is 25.4. The van der Waals surface area contributed by atoms with Gasteiger partial charge >= 0.3 is 11.9 Å². The molecule has 4 fully saturated rings. The number of ether oxygens (including phenoxy) is 3.